The predicted molar refractivity (Wildman–Crippen MR) is 93.7 cm³/mol. The maximum atomic E-state index is 12.4. The average molecular weight is 327 g/mol. The summed E-state index contributed by atoms with van der Waals surface area (Å²) in [5.41, 5.74) is 0.685. The molecule has 5 heteroatoms. The van der Waals surface area contributed by atoms with Gasteiger partial charge in [-0.3, -0.25) is 4.79 Å². The monoisotopic (exact) mass is 327 g/mol. The first-order chi connectivity index (χ1) is 11.2. The second-order valence-electron chi connectivity index (χ2n) is 4.85. The molecule has 0 saturated carbocycles. The zero-order valence-electron chi connectivity index (χ0n) is 13.0. The van der Waals surface area contributed by atoms with Crippen LogP contribution in [0, 0.1) is 0 Å². The van der Waals surface area contributed by atoms with Crippen molar-refractivity contribution < 1.29 is 9.47 Å². The number of hydrogen-bond donors (Lipinski definition) is 0. The zero-order valence-corrected chi connectivity index (χ0v) is 13.9. The lowest BCUT2D eigenvalue weighted by atomic mass is 10.2. The fourth-order valence-electron chi connectivity index (χ4n) is 2.31. The van der Waals surface area contributed by atoms with Crippen molar-refractivity contribution in [3.8, 4) is 22.1 Å². The number of ether oxygens (including phenoxy) is 2. The van der Waals surface area contributed by atoms with Gasteiger partial charge in [-0.15, -0.1) is 11.3 Å². The first-order valence-corrected chi connectivity index (χ1v) is 8.34. The molecule has 0 aliphatic heterocycles. The Bertz CT molecular complexity index is 875. The highest BCUT2D eigenvalue weighted by Gasteiger charge is 2.12. The van der Waals surface area contributed by atoms with Crippen LogP contribution < -0.4 is 15.0 Å². The predicted octanol–water partition coefficient (Wildman–Crippen LogP) is 4.12. The van der Waals surface area contributed by atoms with Crippen LogP contribution in [0.3, 0.4) is 0 Å². The highest BCUT2D eigenvalue weighted by Crippen LogP contribution is 2.35. The van der Waals surface area contributed by atoms with E-state index in [1.54, 1.807) is 6.07 Å². The number of rotatable bonds is 5. The van der Waals surface area contributed by atoms with Crippen molar-refractivity contribution in [1.29, 1.82) is 0 Å². The molecule has 0 amide bonds. The van der Waals surface area contributed by atoms with Gasteiger partial charge in [-0.2, -0.15) is 4.98 Å². The van der Waals surface area contributed by atoms with E-state index in [2.05, 4.69) is 4.98 Å². The van der Waals surface area contributed by atoms with Crippen LogP contribution in [-0.2, 0) is 0 Å². The Balaban J connectivity index is 2.19. The molecule has 0 bridgehead atoms. The summed E-state index contributed by atoms with van der Waals surface area (Å²) < 4.78 is 12.1. The second-order valence-corrected chi connectivity index (χ2v) is 5.88. The van der Waals surface area contributed by atoms with Gasteiger partial charge in [0.25, 0.3) is 5.56 Å². The molecule has 0 spiro atoms. The maximum Gasteiger partial charge on any atom is 0.279 e. The summed E-state index contributed by atoms with van der Waals surface area (Å²) in [5, 5.41) is 1.26. The Morgan fingerprint density at radius 1 is 1.00 bits per heavy atom. The van der Waals surface area contributed by atoms with Gasteiger partial charge in [-0.25, -0.2) is 0 Å². The number of fused-ring (bicyclic) bond motifs is 1. The van der Waals surface area contributed by atoms with Gasteiger partial charge in [0.1, 0.15) is 5.01 Å². The van der Waals surface area contributed by atoms with E-state index >= 15 is 0 Å². The Hall–Kier alpha value is -2.40. The van der Waals surface area contributed by atoms with Gasteiger partial charge in [0.15, 0.2) is 11.5 Å². The smallest absolute Gasteiger partial charge is 0.279 e. The molecule has 0 unspecified atom stereocenters. The van der Waals surface area contributed by atoms with Crippen LogP contribution in [0.4, 0.5) is 0 Å². The summed E-state index contributed by atoms with van der Waals surface area (Å²) in [4.78, 5) is 16.6. The molecule has 3 rings (SSSR count). The molecule has 4 nitrogen and oxygen atoms in total. The first kappa shape index (κ1) is 15.5. The minimum absolute atomic E-state index is 0.249. The van der Waals surface area contributed by atoms with Crippen molar-refractivity contribution in [2.24, 2.45) is 0 Å². The standard InChI is InChI=1S/C18H17NO3S/c1-3-21-14-10-13-16(11-15(14)22-4-2)23-18(19-17(13)20)12-8-6-5-7-9-12/h5-11H,3-4H2,1-2H3. The molecule has 0 radical (unpaired) electrons. The largest absolute Gasteiger partial charge is 0.490 e. The molecule has 0 saturated heterocycles. The molecule has 0 aliphatic carbocycles. The summed E-state index contributed by atoms with van der Waals surface area (Å²) in [6.07, 6.45) is 0. The molecule has 0 aliphatic rings. The van der Waals surface area contributed by atoms with Crippen molar-refractivity contribution in [2.75, 3.05) is 13.2 Å². The van der Waals surface area contributed by atoms with Gasteiger partial charge >= 0.3 is 0 Å². The van der Waals surface area contributed by atoms with E-state index in [1.165, 1.54) is 11.3 Å². The van der Waals surface area contributed by atoms with Crippen LogP contribution in [0.2, 0.25) is 0 Å². The maximum absolute atomic E-state index is 12.4. The minimum Gasteiger partial charge on any atom is -0.490 e. The van der Waals surface area contributed by atoms with Crippen LogP contribution in [0.1, 0.15) is 13.8 Å². The molecule has 0 fully saturated rings. The van der Waals surface area contributed by atoms with E-state index in [1.807, 2.05) is 50.2 Å². The Labute approximate surface area is 138 Å². The van der Waals surface area contributed by atoms with Crippen LogP contribution in [0.15, 0.2) is 47.3 Å². The van der Waals surface area contributed by atoms with E-state index in [-0.39, 0.29) is 5.56 Å². The number of hydrogen-bond acceptors (Lipinski definition) is 5. The molecular formula is C18H17NO3S. The van der Waals surface area contributed by atoms with E-state index in [9.17, 15) is 4.79 Å². The van der Waals surface area contributed by atoms with Gasteiger partial charge < -0.3 is 9.47 Å². The highest BCUT2D eigenvalue weighted by molar-refractivity contribution is 7.21. The van der Waals surface area contributed by atoms with E-state index in [0.717, 1.165) is 10.3 Å². The third-order valence-corrected chi connectivity index (χ3v) is 4.38. The molecular weight excluding hydrogens is 310 g/mol. The van der Waals surface area contributed by atoms with Gasteiger partial charge in [-0.1, -0.05) is 30.3 Å². The zero-order chi connectivity index (χ0) is 16.2. The first-order valence-electron chi connectivity index (χ1n) is 7.52. The lowest BCUT2D eigenvalue weighted by Gasteiger charge is -2.12. The lowest BCUT2D eigenvalue weighted by Crippen LogP contribution is -2.07. The summed E-state index contributed by atoms with van der Waals surface area (Å²) in [7, 11) is 0. The SMILES string of the molecule is CCOc1cc2sc(-c3ccccc3)nc(=O)c2cc1OCC. The lowest BCUT2D eigenvalue weighted by molar-refractivity contribution is 0.288. The quantitative estimate of drug-likeness (QED) is 0.707. The summed E-state index contributed by atoms with van der Waals surface area (Å²) in [5.74, 6) is 1.24. The fourth-order valence-corrected chi connectivity index (χ4v) is 3.33. The van der Waals surface area contributed by atoms with Crippen LogP contribution >= 0.6 is 11.3 Å². The van der Waals surface area contributed by atoms with Gasteiger partial charge in [-0.05, 0) is 19.9 Å². The van der Waals surface area contributed by atoms with E-state index < -0.39 is 0 Å². The normalized spacial score (nSPS) is 10.7. The van der Waals surface area contributed by atoms with Crippen molar-refractivity contribution in [3.05, 3.63) is 52.8 Å². The van der Waals surface area contributed by atoms with Crippen LogP contribution in [0.25, 0.3) is 20.7 Å². The van der Waals surface area contributed by atoms with Crippen LogP contribution in [0.5, 0.6) is 11.5 Å². The molecule has 0 N–H and O–H groups in total. The molecule has 118 valence electrons. The van der Waals surface area contributed by atoms with Crippen molar-refractivity contribution in [2.45, 2.75) is 13.8 Å². The Morgan fingerprint density at radius 3 is 2.30 bits per heavy atom. The fraction of sp³-hybridized carbons (Fsp3) is 0.222. The topological polar surface area (TPSA) is 48.4 Å². The molecule has 1 aromatic heterocycles. The average Bonchev–Trinajstić information content (AvgIpc) is 2.57. The molecule has 0 atom stereocenters. The Morgan fingerprint density at radius 2 is 1.65 bits per heavy atom. The second kappa shape index (κ2) is 6.79. The third kappa shape index (κ3) is 3.19. The van der Waals surface area contributed by atoms with Crippen molar-refractivity contribution in [3.63, 3.8) is 0 Å². The molecule has 1 heterocycles. The van der Waals surface area contributed by atoms with Crippen molar-refractivity contribution in [1.82, 2.24) is 4.98 Å². The van der Waals surface area contributed by atoms with E-state index in [4.69, 9.17) is 9.47 Å². The van der Waals surface area contributed by atoms with Crippen molar-refractivity contribution >= 4 is 21.4 Å². The van der Waals surface area contributed by atoms with E-state index in [0.29, 0.717) is 35.1 Å². The summed E-state index contributed by atoms with van der Waals surface area (Å²) in [6.45, 7) is 4.87. The van der Waals surface area contributed by atoms with Gasteiger partial charge in [0.2, 0.25) is 0 Å². The highest BCUT2D eigenvalue weighted by atomic mass is 32.1. The van der Waals surface area contributed by atoms with Crippen LogP contribution in [-0.4, -0.2) is 18.2 Å². The molecule has 23 heavy (non-hydrogen) atoms. The number of aromatic nitrogens is 1. The minimum atomic E-state index is -0.249. The molecule has 3 aromatic rings. The number of nitrogens with zero attached hydrogens (tertiary/aromatic N) is 1. The third-order valence-electron chi connectivity index (χ3n) is 3.31. The molecule has 2 aromatic carbocycles. The summed E-state index contributed by atoms with van der Waals surface area (Å²) in [6, 6.07) is 13.3. The summed E-state index contributed by atoms with van der Waals surface area (Å²) >= 11 is 1.47. The van der Waals surface area contributed by atoms with Gasteiger partial charge in [0, 0.05) is 16.3 Å². The van der Waals surface area contributed by atoms with Gasteiger partial charge in [0.05, 0.1) is 18.6 Å². The Kier molecular flexibility index (Phi) is 4.57. The number of benzene rings is 2.